The van der Waals surface area contributed by atoms with Gasteiger partial charge in [0.15, 0.2) is 0 Å². The van der Waals surface area contributed by atoms with E-state index in [0.717, 1.165) is 22.4 Å². The minimum absolute atomic E-state index is 0.383. The van der Waals surface area contributed by atoms with Crippen LogP contribution in [0.3, 0.4) is 0 Å². The first-order chi connectivity index (χ1) is 7.99. The highest BCUT2D eigenvalue weighted by atomic mass is 16.5. The van der Waals surface area contributed by atoms with Gasteiger partial charge >= 0.3 is 0 Å². The number of ether oxygens (including phenoxy) is 1. The highest BCUT2D eigenvalue weighted by molar-refractivity contribution is 5.81. The van der Waals surface area contributed by atoms with Gasteiger partial charge in [0.25, 0.3) is 5.91 Å². The fraction of sp³-hybridized carbons (Fsp3) is 0.417. The van der Waals surface area contributed by atoms with Crippen molar-refractivity contribution in [2.45, 2.75) is 26.3 Å². The van der Waals surface area contributed by atoms with Crippen LogP contribution in [-0.4, -0.2) is 19.1 Å². The lowest BCUT2D eigenvalue weighted by molar-refractivity contribution is -0.122. The average Bonchev–Trinajstić information content (AvgIpc) is 2.27. The molecule has 1 amide bonds. The third-order valence-corrected chi connectivity index (χ3v) is 2.62. The molecular formula is C12H19N3O2. The van der Waals surface area contributed by atoms with Gasteiger partial charge in [-0.2, -0.15) is 0 Å². The van der Waals surface area contributed by atoms with Crippen LogP contribution in [0.2, 0.25) is 0 Å². The summed E-state index contributed by atoms with van der Waals surface area (Å²) in [5, 5.41) is 0. The van der Waals surface area contributed by atoms with E-state index < -0.39 is 6.04 Å². The van der Waals surface area contributed by atoms with Gasteiger partial charge in [0, 0.05) is 6.42 Å². The molecular weight excluding hydrogens is 218 g/mol. The molecule has 1 aromatic rings. The van der Waals surface area contributed by atoms with Crippen LogP contribution < -0.4 is 21.7 Å². The Labute approximate surface area is 101 Å². The second kappa shape index (κ2) is 5.65. The lowest BCUT2D eigenvalue weighted by atomic mass is 9.99. The third kappa shape index (κ3) is 3.18. The van der Waals surface area contributed by atoms with Gasteiger partial charge in [-0.1, -0.05) is 17.7 Å². The molecule has 5 heteroatoms. The lowest BCUT2D eigenvalue weighted by Crippen LogP contribution is -2.45. The number of amides is 1. The van der Waals surface area contributed by atoms with E-state index in [1.165, 1.54) is 0 Å². The Balaban J connectivity index is 3.01. The van der Waals surface area contributed by atoms with Crippen molar-refractivity contribution in [3.63, 3.8) is 0 Å². The number of aryl methyl sites for hydroxylation is 2. The normalized spacial score (nSPS) is 12.1. The Morgan fingerprint density at radius 1 is 1.47 bits per heavy atom. The van der Waals surface area contributed by atoms with Gasteiger partial charge < -0.3 is 10.5 Å². The molecule has 5 N–H and O–H groups in total. The van der Waals surface area contributed by atoms with Crippen LogP contribution in [0.5, 0.6) is 5.75 Å². The molecule has 0 saturated heterocycles. The smallest absolute Gasteiger partial charge is 0.251 e. The lowest BCUT2D eigenvalue weighted by Gasteiger charge is -2.15. The number of hydrazine groups is 1. The van der Waals surface area contributed by atoms with Crippen LogP contribution in [0, 0.1) is 13.8 Å². The van der Waals surface area contributed by atoms with Crippen LogP contribution in [0.25, 0.3) is 0 Å². The fourth-order valence-corrected chi connectivity index (χ4v) is 1.92. The summed E-state index contributed by atoms with van der Waals surface area (Å²) >= 11 is 0. The number of hydrogen-bond acceptors (Lipinski definition) is 4. The molecule has 0 spiro atoms. The monoisotopic (exact) mass is 237 g/mol. The standard InChI is InChI=1S/C12H19N3O2/c1-7-4-8(2)11(17-3)9(5-7)6-10(13)12(16)15-14/h4-5,10H,6,13-14H2,1-3H3,(H,15,16). The Bertz CT molecular complexity index is 418. The molecule has 1 aromatic carbocycles. The van der Waals surface area contributed by atoms with E-state index in [9.17, 15) is 4.79 Å². The maximum Gasteiger partial charge on any atom is 0.251 e. The van der Waals surface area contributed by atoms with Crippen molar-refractivity contribution in [1.29, 1.82) is 0 Å². The molecule has 0 aromatic heterocycles. The Morgan fingerprint density at radius 2 is 2.12 bits per heavy atom. The van der Waals surface area contributed by atoms with Gasteiger partial charge in [-0.15, -0.1) is 0 Å². The van der Waals surface area contributed by atoms with E-state index in [2.05, 4.69) is 0 Å². The summed E-state index contributed by atoms with van der Waals surface area (Å²) in [6.07, 6.45) is 0.398. The van der Waals surface area contributed by atoms with E-state index >= 15 is 0 Å². The maximum atomic E-state index is 11.3. The van der Waals surface area contributed by atoms with Gasteiger partial charge in [0.1, 0.15) is 5.75 Å². The topological polar surface area (TPSA) is 90.4 Å². The molecule has 1 rings (SSSR count). The van der Waals surface area contributed by atoms with Crippen molar-refractivity contribution in [3.05, 3.63) is 28.8 Å². The third-order valence-electron chi connectivity index (χ3n) is 2.62. The maximum absolute atomic E-state index is 11.3. The Morgan fingerprint density at radius 3 is 2.65 bits per heavy atom. The molecule has 0 fully saturated rings. The van der Waals surface area contributed by atoms with Crippen LogP contribution in [-0.2, 0) is 11.2 Å². The summed E-state index contributed by atoms with van der Waals surface area (Å²) in [5.74, 6) is 5.44. The zero-order valence-electron chi connectivity index (χ0n) is 10.4. The molecule has 1 unspecified atom stereocenters. The van der Waals surface area contributed by atoms with Crippen LogP contribution >= 0.6 is 0 Å². The highest BCUT2D eigenvalue weighted by Gasteiger charge is 2.16. The van der Waals surface area contributed by atoms with Crippen molar-refractivity contribution in [2.24, 2.45) is 11.6 Å². The second-order valence-electron chi connectivity index (χ2n) is 4.09. The number of benzene rings is 1. The highest BCUT2D eigenvalue weighted by Crippen LogP contribution is 2.25. The second-order valence-corrected chi connectivity index (χ2v) is 4.09. The van der Waals surface area contributed by atoms with Crippen LogP contribution in [0.15, 0.2) is 12.1 Å². The summed E-state index contributed by atoms with van der Waals surface area (Å²) < 4.78 is 5.33. The molecule has 0 bridgehead atoms. The predicted octanol–water partition coefficient (Wildman–Crippen LogP) is 0.172. The number of nitrogens with one attached hydrogen (secondary N) is 1. The first-order valence-electron chi connectivity index (χ1n) is 5.39. The molecule has 0 aliphatic carbocycles. The summed E-state index contributed by atoms with van der Waals surface area (Å²) in [4.78, 5) is 11.3. The summed E-state index contributed by atoms with van der Waals surface area (Å²) in [5.41, 5.74) is 10.8. The number of carbonyl (C=O) groups is 1. The minimum Gasteiger partial charge on any atom is -0.496 e. The summed E-state index contributed by atoms with van der Waals surface area (Å²) in [6.45, 7) is 3.95. The van der Waals surface area contributed by atoms with Gasteiger partial charge in [-0.05, 0) is 25.0 Å². The molecule has 94 valence electrons. The Kier molecular flexibility index (Phi) is 4.48. The SMILES string of the molecule is COc1c(C)cc(C)cc1CC(N)C(=O)NN. The van der Waals surface area contributed by atoms with Crippen LogP contribution in [0.1, 0.15) is 16.7 Å². The van der Waals surface area contributed by atoms with Crippen molar-refractivity contribution in [1.82, 2.24) is 5.43 Å². The van der Waals surface area contributed by atoms with Crippen molar-refractivity contribution in [2.75, 3.05) is 7.11 Å². The van der Waals surface area contributed by atoms with Gasteiger partial charge in [-0.25, -0.2) is 5.84 Å². The largest absolute Gasteiger partial charge is 0.496 e. The molecule has 0 aliphatic heterocycles. The Hall–Kier alpha value is -1.59. The first kappa shape index (κ1) is 13.5. The van der Waals surface area contributed by atoms with E-state index in [-0.39, 0.29) is 5.91 Å². The van der Waals surface area contributed by atoms with E-state index in [1.54, 1.807) is 7.11 Å². The number of nitrogens with two attached hydrogens (primary N) is 2. The van der Waals surface area contributed by atoms with Crippen molar-refractivity contribution < 1.29 is 9.53 Å². The zero-order chi connectivity index (χ0) is 13.0. The molecule has 17 heavy (non-hydrogen) atoms. The molecule has 0 saturated carbocycles. The quantitative estimate of drug-likeness (QED) is 0.395. The molecule has 5 nitrogen and oxygen atoms in total. The van der Waals surface area contributed by atoms with E-state index in [1.807, 2.05) is 31.4 Å². The van der Waals surface area contributed by atoms with Crippen molar-refractivity contribution in [3.8, 4) is 5.75 Å². The molecule has 0 aliphatic rings. The van der Waals surface area contributed by atoms with Gasteiger partial charge in [0.2, 0.25) is 0 Å². The summed E-state index contributed by atoms with van der Waals surface area (Å²) in [7, 11) is 1.61. The number of methoxy groups -OCH3 is 1. The zero-order valence-corrected chi connectivity index (χ0v) is 10.4. The predicted molar refractivity (Wildman–Crippen MR) is 66.5 cm³/mol. The van der Waals surface area contributed by atoms with Gasteiger partial charge in [-0.3, -0.25) is 10.2 Å². The molecule has 1 atom stereocenters. The fourth-order valence-electron chi connectivity index (χ4n) is 1.92. The number of carbonyl (C=O) groups excluding carboxylic acids is 1. The number of rotatable bonds is 4. The van der Waals surface area contributed by atoms with Gasteiger partial charge in [0.05, 0.1) is 13.2 Å². The first-order valence-corrected chi connectivity index (χ1v) is 5.39. The molecule has 0 heterocycles. The summed E-state index contributed by atoms with van der Waals surface area (Å²) in [6, 6.07) is 3.32. The van der Waals surface area contributed by atoms with E-state index in [0.29, 0.717) is 6.42 Å². The average molecular weight is 237 g/mol. The molecule has 0 radical (unpaired) electrons. The minimum atomic E-state index is -0.671. The van der Waals surface area contributed by atoms with E-state index in [4.69, 9.17) is 16.3 Å². The van der Waals surface area contributed by atoms with Crippen molar-refractivity contribution >= 4 is 5.91 Å². The number of hydrogen-bond donors (Lipinski definition) is 3. The van der Waals surface area contributed by atoms with Crippen LogP contribution in [0.4, 0.5) is 0 Å².